The number of nitrogens with one attached hydrogen (secondary N) is 1. The molecule has 1 aromatic rings. The molecule has 1 N–H and O–H groups in total. The number of aryl methyl sites for hydroxylation is 1. The molecule has 0 saturated carbocycles. The van der Waals surface area contributed by atoms with Crippen LogP contribution in [0, 0.1) is 12.8 Å². The van der Waals surface area contributed by atoms with E-state index in [9.17, 15) is 0 Å². The molecule has 1 aromatic heterocycles. The monoisotopic (exact) mass is 212 g/mol. The molecule has 1 rings (SSSR count). The van der Waals surface area contributed by atoms with E-state index in [1.165, 1.54) is 5.01 Å². The first-order chi connectivity index (χ1) is 6.56. The van der Waals surface area contributed by atoms with Crippen molar-refractivity contribution in [3.8, 4) is 0 Å². The molecule has 0 aliphatic heterocycles. The summed E-state index contributed by atoms with van der Waals surface area (Å²) in [6.45, 7) is 8.76. The Morgan fingerprint density at radius 3 is 2.50 bits per heavy atom. The third kappa shape index (κ3) is 1.84. The third-order valence-corrected chi connectivity index (χ3v) is 4.13. The summed E-state index contributed by atoms with van der Waals surface area (Å²) in [4.78, 5) is 4.60. The van der Waals surface area contributed by atoms with Gasteiger partial charge in [-0.05, 0) is 26.3 Å². The number of rotatable bonds is 4. The summed E-state index contributed by atoms with van der Waals surface area (Å²) in [6.07, 6.45) is 1.08. The molecule has 0 aliphatic rings. The lowest BCUT2D eigenvalue weighted by atomic mass is 9.84. The summed E-state index contributed by atoms with van der Waals surface area (Å²) in [5.41, 5.74) is 1.18. The van der Waals surface area contributed by atoms with Crippen LogP contribution in [0.25, 0.3) is 0 Å². The number of thiazole rings is 1. The standard InChI is InChI=1S/C11H20N2S/c1-6-11(12-5,8(2)3)10-13-9(4)7-14-10/h7-8,12H,6H2,1-5H3. The van der Waals surface area contributed by atoms with E-state index in [1.54, 1.807) is 11.3 Å². The third-order valence-electron chi connectivity index (χ3n) is 2.99. The smallest absolute Gasteiger partial charge is 0.113 e. The quantitative estimate of drug-likeness (QED) is 0.830. The minimum absolute atomic E-state index is 0.0545. The zero-order valence-electron chi connectivity index (χ0n) is 9.72. The molecule has 1 atom stereocenters. The Labute approximate surface area is 90.8 Å². The van der Waals surface area contributed by atoms with Gasteiger partial charge in [0.15, 0.2) is 0 Å². The molecule has 0 aromatic carbocycles. The molecule has 0 radical (unpaired) electrons. The number of hydrogen-bond donors (Lipinski definition) is 1. The van der Waals surface area contributed by atoms with Gasteiger partial charge in [-0.25, -0.2) is 4.98 Å². The van der Waals surface area contributed by atoms with Crippen LogP contribution in [0.1, 0.15) is 37.9 Å². The Balaban J connectivity index is 3.10. The number of nitrogens with zero attached hydrogens (tertiary/aromatic N) is 1. The molecule has 0 spiro atoms. The van der Waals surface area contributed by atoms with Crippen molar-refractivity contribution in [3.05, 3.63) is 16.1 Å². The Morgan fingerprint density at radius 2 is 2.21 bits per heavy atom. The van der Waals surface area contributed by atoms with Crippen LogP contribution in [0.5, 0.6) is 0 Å². The molecule has 0 bridgehead atoms. The Bertz CT molecular complexity index is 287. The van der Waals surface area contributed by atoms with E-state index < -0.39 is 0 Å². The van der Waals surface area contributed by atoms with Gasteiger partial charge < -0.3 is 5.32 Å². The number of hydrogen-bond acceptors (Lipinski definition) is 3. The predicted molar refractivity (Wildman–Crippen MR) is 62.7 cm³/mol. The van der Waals surface area contributed by atoms with Gasteiger partial charge >= 0.3 is 0 Å². The Morgan fingerprint density at radius 1 is 1.57 bits per heavy atom. The van der Waals surface area contributed by atoms with E-state index >= 15 is 0 Å². The number of aromatic nitrogens is 1. The van der Waals surface area contributed by atoms with Gasteiger partial charge in [-0.2, -0.15) is 0 Å². The van der Waals surface area contributed by atoms with E-state index in [4.69, 9.17) is 0 Å². The first kappa shape index (κ1) is 11.7. The molecular formula is C11H20N2S. The fraction of sp³-hybridized carbons (Fsp3) is 0.727. The van der Waals surface area contributed by atoms with Crippen LogP contribution in [0.3, 0.4) is 0 Å². The molecule has 0 fully saturated rings. The Kier molecular flexibility index (Phi) is 3.67. The van der Waals surface area contributed by atoms with Crippen molar-refractivity contribution in [2.24, 2.45) is 5.92 Å². The van der Waals surface area contributed by atoms with Crippen molar-refractivity contribution in [1.29, 1.82) is 0 Å². The maximum atomic E-state index is 4.60. The maximum absolute atomic E-state index is 4.60. The molecule has 0 aliphatic carbocycles. The van der Waals surface area contributed by atoms with E-state index in [-0.39, 0.29) is 5.54 Å². The van der Waals surface area contributed by atoms with Crippen LogP contribution in [0.4, 0.5) is 0 Å². The summed E-state index contributed by atoms with van der Waals surface area (Å²) in [5.74, 6) is 0.558. The molecule has 1 unspecified atom stereocenters. The summed E-state index contributed by atoms with van der Waals surface area (Å²) in [6, 6.07) is 0. The SMILES string of the molecule is CCC(NC)(c1nc(C)cs1)C(C)C. The molecule has 0 amide bonds. The van der Waals surface area contributed by atoms with E-state index in [0.717, 1.165) is 12.1 Å². The minimum Gasteiger partial charge on any atom is -0.308 e. The fourth-order valence-corrected chi connectivity index (χ4v) is 3.16. The Hall–Kier alpha value is -0.410. The van der Waals surface area contributed by atoms with Crippen LogP contribution < -0.4 is 5.32 Å². The van der Waals surface area contributed by atoms with E-state index in [2.05, 4.69) is 43.4 Å². The average molecular weight is 212 g/mol. The van der Waals surface area contributed by atoms with Crippen molar-refractivity contribution < 1.29 is 0 Å². The highest BCUT2D eigenvalue weighted by Gasteiger charge is 2.34. The summed E-state index contributed by atoms with van der Waals surface area (Å²) in [5, 5.41) is 6.78. The van der Waals surface area contributed by atoms with Gasteiger partial charge in [0.1, 0.15) is 5.01 Å². The van der Waals surface area contributed by atoms with Gasteiger partial charge in [-0.1, -0.05) is 20.8 Å². The summed E-state index contributed by atoms with van der Waals surface area (Å²) >= 11 is 1.76. The zero-order valence-corrected chi connectivity index (χ0v) is 10.5. The van der Waals surface area contributed by atoms with Gasteiger partial charge in [0.25, 0.3) is 0 Å². The minimum atomic E-state index is 0.0545. The normalized spacial score (nSPS) is 15.9. The van der Waals surface area contributed by atoms with Crippen LogP contribution in [0.15, 0.2) is 5.38 Å². The van der Waals surface area contributed by atoms with Crippen molar-refractivity contribution in [2.75, 3.05) is 7.05 Å². The lowest BCUT2D eigenvalue weighted by molar-refractivity contribution is 0.245. The van der Waals surface area contributed by atoms with Crippen molar-refractivity contribution in [3.63, 3.8) is 0 Å². The molecular weight excluding hydrogens is 192 g/mol. The highest BCUT2D eigenvalue weighted by Crippen LogP contribution is 2.34. The topological polar surface area (TPSA) is 24.9 Å². The fourth-order valence-electron chi connectivity index (χ4n) is 1.94. The zero-order chi connectivity index (χ0) is 10.8. The first-order valence-corrected chi connectivity index (χ1v) is 6.06. The molecule has 3 heteroatoms. The second-order valence-corrected chi connectivity index (χ2v) is 4.88. The maximum Gasteiger partial charge on any atom is 0.113 e. The van der Waals surface area contributed by atoms with Crippen LogP contribution in [-0.2, 0) is 5.54 Å². The van der Waals surface area contributed by atoms with Crippen molar-refractivity contribution in [2.45, 2.75) is 39.7 Å². The van der Waals surface area contributed by atoms with E-state index in [0.29, 0.717) is 5.92 Å². The highest BCUT2D eigenvalue weighted by molar-refractivity contribution is 7.09. The van der Waals surface area contributed by atoms with Crippen LogP contribution in [0.2, 0.25) is 0 Å². The van der Waals surface area contributed by atoms with Crippen LogP contribution >= 0.6 is 11.3 Å². The summed E-state index contributed by atoms with van der Waals surface area (Å²) in [7, 11) is 2.03. The van der Waals surface area contributed by atoms with E-state index in [1.807, 2.05) is 7.05 Å². The average Bonchev–Trinajstić information content (AvgIpc) is 2.55. The molecule has 0 saturated heterocycles. The van der Waals surface area contributed by atoms with Crippen molar-refractivity contribution >= 4 is 11.3 Å². The highest BCUT2D eigenvalue weighted by atomic mass is 32.1. The molecule has 80 valence electrons. The first-order valence-electron chi connectivity index (χ1n) is 5.18. The lowest BCUT2D eigenvalue weighted by Crippen LogP contribution is -2.44. The van der Waals surface area contributed by atoms with Gasteiger partial charge in [-0.3, -0.25) is 0 Å². The molecule has 14 heavy (non-hydrogen) atoms. The predicted octanol–water partition coefficient (Wildman–Crippen LogP) is 2.93. The van der Waals surface area contributed by atoms with Gasteiger partial charge in [0.2, 0.25) is 0 Å². The molecule has 1 heterocycles. The van der Waals surface area contributed by atoms with Gasteiger partial charge in [0, 0.05) is 11.1 Å². The van der Waals surface area contributed by atoms with Crippen LogP contribution in [-0.4, -0.2) is 12.0 Å². The van der Waals surface area contributed by atoms with Crippen molar-refractivity contribution in [1.82, 2.24) is 10.3 Å². The van der Waals surface area contributed by atoms with Gasteiger partial charge in [0.05, 0.1) is 5.54 Å². The second kappa shape index (κ2) is 4.41. The second-order valence-electron chi connectivity index (χ2n) is 4.02. The molecule has 2 nitrogen and oxygen atoms in total. The summed E-state index contributed by atoms with van der Waals surface area (Å²) < 4.78 is 0. The largest absolute Gasteiger partial charge is 0.308 e. The van der Waals surface area contributed by atoms with Gasteiger partial charge in [-0.15, -0.1) is 11.3 Å². The lowest BCUT2D eigenvalue weighted by Gasteiger charge is -2.34.